The Balaban J connectivity index is 2.03. The van der Waals surface area contributed by atoms with Gasteiger partial charge in [0.2, 0.25) is 0 Å². The summed E-state index contributed by atoms with van der Waals surface area (Å²) in [5.41, 5.74) is 0.730. The van der Waals surface area contributed by atoms with E-state index in [2.05, 4.69) is 5.32 Å². The van der Waals surface area contributed by atoms with Crippen LogP contribution in [0.4, 0.5) is 14.5 Å². The molecule has 0 fully saturated rings. The minimum Gasteiger partial charge on any atom is -0.508 e. The second-order valence-corrected chi connectivity index (χ2v) is 7.35. The van der Waals surface area contributed by atoms with Crippen molar-refractivity contribution >= 4 is 23.1 Å². The number of phenolic OH excluding ortho intramolecular Hbond substituents is 1. The number of amides is 1. The zero-order valence-corrected chi connectivity index (χ0v) is 16.6. The molecule has 2 aromatic carbocycles. The summed E-state index contributed by atoms with van der Waals surface area (Å²) in [5.74, 6) is -6.65. The van der Waals surface area contributed by atoms with Crippen molar-refractivity contribution in [1.82, 2.24) is 0 Å². The lowest BCUT2D eigenvalue weighted by atomic mass is 9.83. The highest BCUT2D eigenvalue weighted by Crippen LogP contribution is 2.46. The molecule has 0 aromatic heterocycles. The van der Waals surface area contributed by atoms with Crippen molar-refractivity contribution < 1.29 is 38.4 Å². The number of rotatable bonds is 4. The van der Waals surface area contributed by atoms with E-state index in [1.165, 1.54) is 54.6 Å². The van der Waals surface area contributed by atoms with Gasteiger partial charge in [-0.3, -0.25) is 4.79 Å². The number of aliphatic hydroxyl groups excluding tert-OH is 1. The highest BCUT2D eigenvalue weighted by Gasteiger charge is 2.36. The molecule has 9 heteroatoms. The highest BCUT2D eigenvalue weighted by atomic mass is 19.3. The summed E-state index contributed by atoms with van der Waals surface area (Å²) < 4.78 is 33.0. The normalized spacial score (nSPS) is 17.1. The topological polar surface area (TPSA) is 116 Å². The van der Waals surface area contributed by atoms with Crippen LogP contribution in [0.3, 0.4) is 0 Å². The molecule has 0 bridgehead atoms. The molecule has 0 saturated carbocycles. The zero-order valence-electron chi connectivity index (χ0n) is 16.6. The standard InChI is InChI=1S/C23H17F2NO6/c1-23(24,25)22(31)26-16-4-2-3-15(21(29)30)20(16)19-13-7-5-11(27)9-17(13)32-18-10-12(28)6-8-14(18)19/h2-10,17,27-28H,1H3,(H,26,31)(H,29,30). The fourth-order valence-corrected chi connectivity index (χ4v) is 3.62. The molecule has 0 spiro atoms. The number of aromatic carboxylic acids is 1. The van der Waals surface area contributed by atoms with Crippen LogP contribution >= 0.6 is 0 Å². The fraction of sp³-hybridized carbons (Fsp3) is 0.130. The Morgan fingerprint density at radius 3 is 2.56 bits per heavy atom. The van der Waals surface area contributed by atoms with Crippen LogP contribution in [0.15, 0.2) is 66.0 Å². The van der Waals surface area contributed by atoms with Crippen molar-refractivity contribution in [2.75, 3.05) is 5.32 Å². The van der Waals surface area contributed by atoms with Crippen molar-refractivity contribution in [2.45, 2.75) is 19.0 Å². The maximum absolute atomic E-state index is 13.6. The summed E-state index contributed by atoms with van der Waals surface area (Å²) in [4.78, 5) is 24.1. The number of allylic oxidation sites excluding steroid dienone is 1. The molecule has 0 saturated heterocycles. The van der Waals surface area contributed by atoms with Gasteiger partial charge in [0.25, 0.3) is 5.91 Å². The summed E-state index contributed by atoms with van der Waals surface area (Å²) >= 11 is 0. The molecule has 32 heavy (non-hydrogen) atoms. The van der Waals surface area contributed by atoms with Gasteiger partial charge in [0.1, 0.15) is 23.4 Å². The summed E-state index contributed by atoms with van der Waals surface area (Å²) in [6.45, 7) is 0.435. The van der Waals surface area contributed by atoms with E-state index in [4.69, 9.17) is 4.74 Å². The number of carboxylic acid groups (broad SMARTS) is 1. The van der Waals surface area contributed by atoms with Crippen molar-refractivity contribution in [3.63, 3.8) is 0 Å². The number of carboxylic acids is 1. The van der Waals surface area contributed by atoms with Crippen molar-refractivity contribution in [3.05, 3.63) is 82.6 Å². The third kappa shape index (κ3) is 3.68. The van der Waals surface area contributed by atoms with Gasteiger partial charge in [-0.1, -0.05) is 12.1 Å². The maximum atomic E-state index is 13.6. The molecule has 1 atom stereocenters. The number of benzene rings is 2. The average molecular weight is 441 g/mol. The maximum Gasteiger partial charge on any atom is 0.336 e. The van der Waals surface area contributed by atoms with Gasteiger partial charge in [0.05, 0.1) is 5.56 Å². The molecule has 7 nitrogen and oxygen atoms in total. The number of aromatic hydroxyl groups is 1. The van der Waals surface area contributed by atoms with Crippen LogP contribution in [0.1, 0.15) is 28.4 Å². The molecule has 4 rings (SSSR count). The second kappa shape index (κ2) is 7.52. The van der Waals surface area contributed by atoms with Crippen molar-refractivity contribution in [3.8, 4) is 11.5 Å². The number of anilines is 1. The van der Waals surface area contributed by atoms with E-state index in [0.29, 0.717) is 23.6 Å². The summed E-state index contributed by atoms with van der Waals surface area (Å²) in [5, 5.41) is 31.7. The Kier molecular flexibility index (Phi) is 4.96. The molecule has 1 unspecified atom stereocenters. The molecule has 1 heterocycles. The van der Waals surface area contributed by atoms with E-state index < -0.39 is 23.9 Å². The molecule has 2 aliphatic rings. The van der Waals surface area contributed by atoms with Crippen molar-refractivity contribution in [2.24, 2.45) is 0 Å². The van der Waals surface area contributed by atoms with Crippen LogP contribution in [-0.4, -0.2) is 39.2 Å². The fourth-order valence-electron chi connectivity index (χ4n) is 3.62. The Morgan fingerprint density at radius 2 is 1.88 bits per heavy atom. The number of aliphatic hydroxyl groups is 1. The van der Waals surface area contributed by atoms with E-state index in [-0.39, 0.29) is 34.1 Å². The van der Waals surface area contributed by atoms with Gasteiger partial charge >= 0.3 is 11.9 Å². The number of halogens is 2. The number of carbonyl (C=O) groups excluding carboxylic acids is 1. The van der Waals surface area contributed by atoms with Crippen LogP contribution < -0.4 is 10.1 Å². The Labute approximate surface area is 180 Å². The lowest BCUT2D eigenvalue weighted by Crippen LogP contribution is -2.32. The van der Waals surface area contributed by atoms with Gasteiger partial charge in [-0.05, 0) is 30.3 Å². The predicted octanol–water partition coefficient (Wildman–Crippen LogP) is 4.26. The molecular weight excluding hydrogens is 424 g/mol. The molecule has 164 valence electrons. The number of carbonyl (C=O) groups is 2. The first-order valence-electron chi connectivity index (χ1n) is 9.45. The lowest BCUT2D eigenvalue weighted by Gasteiger charge is -2.31. The third-order valence-electron chi connectivity index (χ3n) is 5.03. The van der Waals surface area contributed by atoms with Gasteiger partial charge < -0.3 is 25.4 Å². The Bertz CT molecular complexity index is 1240. The Morgan fingerprint density at radius 1 is 1.12 bits per heavy atom. The first-order valence-corrected chi connectivity index (χ1v) is 9.45. The lowest BCUT2D eigenvalue weighted by molar-refractivity contribution is -0.137. The molecular formula is C23H17F2NO6. The monoisotopic (exact) mass is 441 g/mol. The average Bonchev–Trinajstić information content (AvgIpc) is 2.71. The number of alkyl halides is 2. The summed E-state index contributed by atoms with van der Waals surface area (Å²) in [7, 11) is 0. The van der Waals surface area contributed by atoms with Crippen LogP contribution in [-0.2, 0) is 4.79 Å². The predicted molar refractivity (Wildman–Crippen MR) is 111 cm³/mol. The first kappa shape index (κ1) is 21.1. The third-order valence-corrected chi connectivity index (χ3v) is 5.03. The Hall–Kier alpha value is -4.14. The van der Waals surface area contributed by atoms with E-state index in [0.717, 1.165) is 0 Å². The minimum atomic E-state index is -3.70. The van der Waals surface area contributed by atoms with Crippen LogP contribution in [0.25, 0.3) is 5.57 Å². The van der Waals surface area contributed by atoms with Gasteiger partial charge in [-0.25, -0.2) is 4.79 Å². The highest BCUT2D eigenvalue weighted by molar-refractivity contribution is 6.06. The minimum absolute atomic E-state index is 0.00715. The van der Waals surface area contributed by atoms with Crippen molar-refractivity contribution in [1.29, 1.82) is 0 Å². The number of hydrogen-bond acceptors (Lipinski definition) is 5. The summed E-state index contributed by atoms with van der Waals surface area (Å²) in [6, 6.07) is 8.12. The van der Waals surface area contributed by atoms with Gasteiger partial charge in [-0.2, -0.15) is 8.78 Å². The van der Waals surface area contributed by atoms with Crippen LogP contribution in [0.5, 0.6) is 11.5 Å². The molecule has 2 aromatic rings. The number of hydrogen-bond donors (Lipinski definition) is 4. The SMILES string of the molecule is CC(F)(F)C(=O)Nc1cccc(C(=O)O)c1C1=C2C=CC(O)=CC2Oc2cc(O)ccc21. The first-order chi connectivity index (χ1) is 15.1. The molecule has 4 N–H and O–H groups in total. The van der Waals surface area contributed by atoms with E-state index >= 15 is 0 Å². The second-order valence-electron chi connectivity index (χ2n) is 7.35. The van der Waals surface area contributed by atoms with Gasteiger partial charge in [0, 0.05) is 47.0 Å². The van der Waals surface area contributed by atoms with Gasteiger partial charge in [0.15, 0.2) is 0 Å². The van der Waals surface area contributed by atoms with Gasteiger partial charge in [-0.15, -0.1) is 0 Å². The number of fused-ring (bicyclic) bond motifs is 2. The number of nitrogens with one attached hydrogen (secondary N) is 1. The molecule has 1 aliphatic heterocycles. The number of ether oxygens (including phenoxy) is 1. The van der Waals surface area contributed by atoms with E-state index in [1.807, 2.05) is 0 Å². The quantitative estimate of drug-likeness (QED) is 0.564. The molecule has 0 radical (unpaired) electrons. The largest absolute Gasteiger partial charge is 0.508 e. The number of phenols is 1. The zero-order chi connectivity index (χ0) is 23.2. The molecule has 1 amide bonds. The van der Waals surface area contributed by atoms with Crippen LogP contribution in [0.2, 0.25) is 0 Å². The molecule has 1 aliphatic carbocycles. The van der Waals surface area contributed by atoms with Crippen LogP contribution in [0, 0.1) is 0 Å². The smallest absolute Gasteiger partial charge is 0.336 e. The van der Waals surface area contributed by atoms with E-state index in [1.54, 1.807) is 0 Å². The summed E-state index contributed by atoms with van der Waals surface area (Å²) in [6.07, 6.45) is 3.43. The van der Waals surface area contributed by atoms with E-state index in [9.17, 15) is 33.7 Å².